The summed E-state index contributed by atoms with van der Waals surface area (Å²) in [6.45, 7) is 5.31. The third kappa shape index (κ3) is 11.0. The Morgan fingerprint density at radius 1 is 1.13 bits per heavy atom. The highest BCUT2D eigenvalue weighted by atomic mass is 31.2. The van der Waals surface area contributed by atoms with E-state index in [1.165, 1.54) is 0 Å². The molecule has 3 N–H and O–H groups in total. The van der Waals surface area contributed by atoms with Crippen LogP contribution in [0.15, 0.2) is 30.3 Å². The number of nitrogens with one attached hydrogen (secondary N) is 3. The molecule has 0 bridgehead atoms. The van der Waals surface area contributed by atoms with E-state index in [2.05, 4.69) is 15.7 Å². The number of carbonyl (C=O) groups excluding carboxylic acids is 3. The second-order valence-corrected chi connectivity index (χ2v) is 9.47. The fourth-order valence-corrected chi connectivity index (χ4v) is 3.88. The third-order valence-corrected chi connectivity index (χ3v) is 5.48. The summed E-state index contributed by atoms with van der Waals surface area (Å²) in [6.07, 6.45) is -0.927. The topological polar surface area (TPSA) is 160 Å². The van der Waals surface area contributed by atoms with Crippen LogP contribution >= 0.6 is 7.52 Å². The number of amides is 2. The summed E-state index contributed by atoms with van der Waals surface area (Å²) < 4.78 is 17.3. The van der Waals surface area contributed by atoms with Crippen LogP contribution in [0.2, 0.25) is 0 Å². The molecule has 1 unspecified atom stereocenters. The Bertz CT molecular complexity index is 773. The minimum atomic E-state index is -4.41. The minimum Gasteiger partial charge on any atom is -0.787 e. The molecule has 1 rings (SSSR count). The molecule has 11 heteroatoms. The van der Waals surface area contributed by atoms with Gasteiger partial charge in [0.1, 0.15) is 6.61 Å². The van der Waals surface area contributed by atoms with Crippen molar-refractivity contribution in [2.45, 2.75) is 58.7 Å². The predicted molar refractivity (Wildman–Crippen MR) is 110 cm³/mol. The van der Waals surface area contributed by atoms with Crippen molar-refractivity contribution in [2.75, 3.05) is 6.29 Å². The van der Waals surface area contributed by atoms with Crippen LogP contribution in [-0.4, -0.2) is 36.3 Å². The standard InChI is InChI=1S/C20H32N3O7P/c1-4-8-16(18(24)22-17(19(25)26)11-14(2)3)23-31(28,29)13-21-20(27)30-12-15-9-6-5-7-10-15/h5-7,9-10,14,16-17H,4,8,11-13H2,1-3H3,(H,21,27)(H,22,24)(H,25,26)(H2,23,28,29)/p-2/t16-,17-/m0/s1. The van der Waals surface area contributed by atoms with E-state index >= 15 is 0 Å². The van der Waals surface area contributed by atoms with Gasteiger partial charge in [0.15, 0.2) is 0 Å². The number of rotatable bonds is 13. The molecule has 0 spiro atoms. The average molecular weight is 455 g/mol. The van der Waals surface area contributed by atoms with Gasteiger partial charge in [-0.05, 0) is 24.3 Å². The van der Waals surface area contributed by atoms with Gasteiger partial charge in [-0.1, -0.05) is 57.5 Å². The molecule has 174 valence electrons. The van der Waals surface area contributed by atoms with E-state index in [1.807, 2.05) is 6.07 Å². The first-order valence-corrected chi connectivity index (χ1v) is 11.9. The highest BCUT2D eigenvalue weighted by molar-refractivity contribution is 7.54. The van der Waals surface area contributed by atoms with Crippen LogP contribution in [0.3, 0.4) is 0 Å². The summed E-state index contributed by atoms with van der Waals surface area (Å²) in [6, 6.07) is 6.45. The van der Waals surface area contributed by atoms with Crippen LogP contribution in [-0.2, 0) is 25.5 Å². The Balaban J connectivity index is 2.61. The second kappa shape index (κ2) is 13.1. The third-order valence-electron chi connectivity index (χ3n) is 4.20. The summed E-state index contributed by atoms with van der Waals surface area (Å²) in [4.78, 5) is 47.8. The Hall–Kier alpha value is -2.42. The largest absolute Gasteiger partial charge is 0.787 e. The molecule has 0 aromatic heterocycles. The SMILES string of the molecule is CCC[C@H](NP(=O)([O-])CNC(=O)OCc1ccccc1)C(=O)N[C@@H](CC(C)C)C(=O)[O-]. The summed E-state index contributed by atoms with van der Waals surface area (Å²) >= 11 is 0. The molecule has 0 saturated carbocycles. The van der Waals surface area contributed by atoms with Crippen LogP contribution < -0.4 is 25.7 Å². The maximum absolute atomic E-state index is 12.5. The summed E-state index contributed by atoms with van der Waals surface area (Å²) in [5, 5.41) is 17.9. The van der Waals surface area contributed by atoms with Crippen molar-refractivity contribution >= 4 is 25.5 Å². The Morgan fingerprint density at radius 2 is 1.77 bits per heavy atom. The van der Waals surface area contributed by atoms with Gasteiger partial charge in [0, 0.05) is 0 Å². The number of carboxylic acid groups (broad SMARTS) is 1. The monoisotopic (exact) mass is 455 g/mol. The smallest absolute Gasteiger partial charge is 0.407 e. The van der Waals surface area contributed by atoms with E-state index in [-0.39, 0.29) is 25.4 Å². The van der Waals surface area contributed by atoms with Gasteiger partial charge in [-0.25, -0.2) is 4.79 Å². The maximum Gasteiger partial charge on any atom is 0.407 e. The minimum absolute atomic E-state index is 0.0162. The van der Waals surface area contributed by atoms with Crippen molar-refractivity contribution in [3.63, 3.8) is 0 Å². The van der Waals surface area contributed by atoms with Crippen molar-refractivity contribution < 1.29 is 33.7 Å². The number of alkyl carbamates (subject to hydrolysis) is 1. The molecule has 10 nitrogen and oxygen atoms in total. The molecule has 1 aromatic carbocycles. The molecular weight excluding hydrogens is 425 g/mol. The lowest BCUT2D eigenvalue weighted by atomic mass is 10.0. The van der Waals surface area contributed by atoms with Gasteiger partial charge in [-0.15, -0.1) is 0 Å². The Labute approximate surface area is 182 Å². The summed E-state index contributed by atoms with van der Waals surface area (Å²) in [7, 11) is -4.41. The molecule has 1 aromatic rings. The quantitative estimate of drug-likeness (QED) is 0.362. The van der Waals surface area contributed by atoms with E-state index in [4.69, 9.17) is 4.74 Å². The van der Waals surface area contributed by atoms with Crippen molar-refractivity contribution in [2.24, 2.45) is 5.92 Å². The number of hydrogen-bond donors (Lipinski definition) is 3. The number of carbonyl (C=O) groups is 3. The molecule has 0 fully saturated rings. The van der Waals surface area contributed by atoms with Crippen LogP contribution in [0.1, 0.15) is 45.6 Å². The van der Waals surface area contributed by atoms with E-state index in [9.17, 15) is 28.9 Å². The van der Waals surface area contributed by atoms with Crippen molar-refractivity contribution in [3.8, 4) is 0 Å². The maximum atomic E-state index is 12.5. The van der Waals surface area contributed by atoms with Gasteiger partial charge in [0.2, 0.25) is 5.91 Å². The van der Waals surface area contributed by atoms with Crippen LogP contribution in [0, 0.1) is 5.92 Å². The molecule has 3 atom stereocenters. The lowest BCUT2D eigenvalue weighted by molar-refractivity contribution is -0.308. The molecule has 0 aliphatic carbocycles. The predicted octanol–water partition coefficient (Wildman–Crippen LogP) is 0.463. The van der Waals surface area contributed by atoms with Crippen molar-refractivity contribution in [3.05, 3.63) is 35.9 Å². The number of carboxylic acids is 1. The first-order chi connectivity index (χ1) is 14.5. The number of aliphatic carboxylic acids is 1. The van der Waals surface area contributed by atoms with Gasteiger partial charge in [-0.2, -0.15) is 0 Å². The normalized spacial score (nSPS) is 14.9. The van der Waals surface area contributed by atoms with Crippen molar-refractivity contribution in [1.82, 2.24) is 15.7 Å². The van der Waals surface area contributed by atoms with E-state index in [0.717, 1.165) is 5.56 Å². The lowest BCUT2D eigenvalue weighted by Crippen LogP contribution is -2.54. The van der Waals surface area contributed by atoms with Crippen LogP contribution in [0.4, 0.5) is 4.79 Å². The molecule has 0 radical (unpaired) electrons. The highest BCUT2D eigenvalue weighted by Crippen LogP contribution is 2.29. The first kappa shape index (κ1) is 26.6. The summed E-state index contributed by atoms with van der Waals surface area (Å²) in [5.41, 5.74) is 0.740. The number of ether oxygens (including phenoxy) is 1. The molecule has 0 aliphatic heterocycles. The van der Waals surface area contributed by atoms with E-state index in [1.54, 1.807) is 45.0 Å². The molecular formula is C20H30N3O7P-2. The van der Waals surface area contributed by atoms with E-state index < -0.39 is 43.9 Å². The molecule has 31 heavy (non-hydrogen) atoms. The van der Waals surface area contributed by atoms with Crippen LogP contribution in [0.25, 0.3) is 0 Å². The van der Waals surface area contributed by atoms with Gasteiger partial charge >= 0.3 is 6.09 Å². The molecule has 0 saturated heterocycles. The Morgan fingerprint density at radius 3 is 2.32 bits per heavy atom. The van der Waals surface area contributed by atoms with Gasteiger partial charge in [0.05, 0.1) is 31.9 Å². The molecule has 2 amide bonds. The second-order valence-electron chi connectivity index (χ2n) is 7.55. The van der Waals surface area contributed by atoms with Gasteiger partial charge in [-0.3, -0.25) is 9.88 Å². The summed E-state index contributed by atoms with van der Waals surface area (Å²) in [5.74, 6) is -2.22. The number of hydrogen-bond acceptors (Lipinski definition) is 7. The number of benzene rings is 1. The van der Waals surface area contributed by atoms with Gasteiger partial charge in [0.25, 0.3) is 0 Å². The zero-order chi connectivity index (χ0) is 23.4. The van der Waals surface area contributed by atoms with Crippen LogP contribution in [0.5, 0.6) is 0 Å². The zero-order valence-electron chi connectivity index (χ0n) is 18.0. The fourth-order valence-electron chi connectivity index (χ4n) is 2.73. The zero-order valence-corrected chi connectivity index (χ0v) is 18.9. The lowest BCUT2D eigenvalue weighted by Gasteiger charge is -2.31. The first-order valence-electron chi connectivity index (χ1n) is 10.1. The van der Waals surface area contributed by atoms with E-state index in [0.29, 0.717) is 6.42 Å². The average Bonchev–Trinajstić information content (AvgIpc) is 2.70. The van der Waals surface area contributed by atoms with Gasteiger partial charge < -0.3 is 34.7 Å². The fraction of sp³-hybridized carbons (Fsp3) is 0.550. The molecule has 0 aliphatic rings. The molecule has 0 heterocycles. The Kier molecular flexibility index (Phi) is 11.2. The van der Waals surface area contributed by atoms with Crippen molar-refractivity contribution in [1.29, 1.82) is 0 Å². The highest BCUT2D eigenvalue weighted by Gasteiger charge is 2.25.